The van der Waals surface area contributed by atoms with Crippen molar-refractivity contribution in [3.8, 4) is 0 Å². The van der Waals surface area contributed by atoms with Crippen LogP contribution >= 0.6 is 11.8 Å². The van der Waals surface area contributed by atoms with E-state index in [0.717, 1.165) is 16.6 Å². The average Bonchev–Trinajstić information content (AvgIpc) is 3.38. The number of hydrogen-bond donors (Lipinski definition) is 6. The zero-order valence-corrected chi connectivity index (χ0v) is 23.9. The van der Waals surface area contributed by atoms with E-state index in [2.05, 4.69) is 26.0 Å². The van der Waals surface area contributed by atoms with Crippen LogP contribution in [-0.2, 0) is 47.4 Å². The van der Waals surface area contributed by atoms with E-state index in [1.54, 1.807) is 0 Å². The molecule has 0 radical (unpaired) electrons. The van der Waals surface area contributed by atoms with E-state index < -0.39 is 69.6 Å². The number of β-lactam (4-membered cyclic amide) rings is 1. The summed E-state index contributed by atoms with van der Waals surface area (Å²) in [5.41, 5.74) is 8.95. The van der Waals surface area contributed by atoms with Crippen LogP contribution in [0, 0.1) is 5.92 Å². The first-order valence-electron chi connectivity index (χ1n) is 12.8. The van der Waals surface area contributed by atoms with Gasteiger partial charge in [-0.05, 0) is 6.54 Å². The molecule has 3 atom stereocenters. The van der Waals surface area contributed by atoms with Crippen LogP contribution in [0.2, 0.25) is 0 Å². The van der Waals surface area contributed by atoms with Crippen molar-refractivity contribution >= 4 is 51.7 Å². The summed E-state index contributed by atoms with van der Waals surface area (Å²) >= 11 is 1.09. The van der Waals surface area contributed by atoms with Gasteiger partial charge in [-0.1, -0.05) is 16.9 Å². The second-order valence-electron chi connectivity index (χ2n) is 10.1. The summed E-state index contributed by atoms with van der Waals surface area (Å²) in [6, 6.07) is -2.87. The van der Waals surface area contributed by atoms with E-state index in [4.69, 9.17) is 21.0 Å². The van der Waals surface area contributed by atoms with E-state index in [1.165, 1.54) is 16.5 Å². The van der Waals surface area contributed by atoms with Crippen molar-refractivity contribution in [3.05, 3.63) is 23.0 Å². The van der Waals surface area contributed by atoms with Crippen molar-refractivity contribution in [3.63, 3.8) is 0 Å². The summed E-state index contributed by atoms with van der Waals surface area (Å²) in [5, 5.41) is 27.7. The summed E-state index contributed by atoms with van der Waals surface area (Å²) in [6.45, 7) is 0.775. The molecule has 1 aromatic rings. The van der Waals surface area contributed by atoms with Crippen LogP contribution in [0.25, 0.3) is 0 Å². The molecule has 3 unspecified atom stereocenters. The molecule has 43 heavy (non-hydrogen) atoms. The lowest BCUT2D eigenvalue weighted by atomic mass is 9.98. The Morgan fingerprint density at radius 2 is 2.02 bits per heavy atom. The third kappa shape index (κ3) is 6.36. The molecule has 4 aliphatic rings. The number of nitrogens with one attached hydrogen (secondary N) is 2. The number of amides is 3. The van der Waals surface area contributed by atoms with E-state index >= 15 is 0 Å². The SMILES string of the molecule is NCC1CN(C(=O)OCc2cnn(CC3C(NC(=O)/C(=N\OC4(C(=O)O)CC4)C4=CSC(N)N4)C(=O)N3S(=O)(=O)O)n2)C1. The van der Waals surface area contributed by atoms with Crippen LogP contribution in [0.1, 0.15) is 18.5 Å². The van der Waals surface area contributed by atoms with Gasteiger partial charge in [0.25, 0.3) is 11.8 Å². The molecule has 0 bridgehead atoms. The summed E-state index contributed by atoms with van der Waals surface area (Å²) in [7, 11) is -5.04. The number of carboxylic acid groups (broad SMARTS) is 1. The van der Waals surface area contributed by atoms with Crippen molar-refractivity contribution in [1.29, 1.82) is 0 Å². The van der Waals surface area contributed by atoms with Gasteiger partial charge in [0.2, 0.25) is 5.60 Å². The molecule has 8 N–H and O–H groups in total. The van der Waals surface area contributed by atoms with Gasteiger partial charge >= 0.3 is 22.4 Å². The number of thioether (sulfide) groups is 1. The quantitative estimate of drug-likeness (QED) is 0.0562. The molecule has 1 saturated carbocycles. The van der Waals surface area contributed by atoms with Crippen molar-refractivity contribution in [1.82, 2.24) is 34.8 Å². The first-order valence-corrected chi connectivity index (χ1v) is 15.2. The number of carbonyl (C=O) groups excluding carboxylic acids is 3. The van der Waals surface area contributed by atoms with Crippen LogP contribution < -0.4 is 22.1 Å². The number of aliphatic carboxylic acids is 1. The fourth-order valence-corrected chi connectivity index (χ4v) is 5.92. The van der Waals surface area contributed by atoms with E-state index in [-0.39, 0.29) is 41.1 Å². The van der Waals surface area contributed by atoms with Gasteiger partial charge in [-0.2, -0.15) is 23.4 Å². The van der Waals surface area contributed by atoms with Gasteiger partial charge in [-0.15, -0.1) is 0 Å². The Kier molecular flexibility index (Phi) is 8.22. The Balaban J connectivity index is 1.27. The number of carboxylic acids is 1. The minimum atomic E-state index is -5.04. The zero-order chi connectivity index (χ0) is 31.1. The molecule has 4 heterocycles. The molecule has 0 spiro atoms. The Hall–Kier alpha value is -3.99. The molecule has 2 saturated heterocycles. The Morgan fingerprint density at radius 3 is 2.60 bits per heavy atom. The lowest BCUT2D eigenvalue weighted by Crippen LogP contribution is -2.73. The highest BCUT2D eigenvalue weighted by Gasteiger charge is 2.56. The largest absolute Gasteiger partial charge is 0.478 e. The maximum atomic E-state index is 13.2. The molecule has 0 aromatic carbocycles. The van der Waals surface area contributed by atoms with Crippen LogP contribution in [0.15, 0.2) is 22.5 Å². The number of hydrogen-bond acceptors (Lipinski definition) is 15. The maximum Gasteiger partial charge on any atom is 0.410 e. The van der Waals surface area contributed by atoms with Gasteiger partial charge in [-0.3, -0.25) is 14.1 Å². The minimum absolute atomic E-state index is 0.0795. The number of oxime groups is 1. The standard InChI is InChI=1S/C21H28N10O10S2/c22-3-10-5-29(6-10)20(36)40-8-11-4-24-30(27-11)7-13-15(17(33)31(13)43(37,38)39)26-16(32)14(12-9-42-19(23)25-12)28-41-21(1-2-21)18(34)35/h4,9-10,13,15,19,25H,1-3,5-8,22-23H2,(H,26,32)(H,34,35)(H,37,38,39)/b28-14-. The molecule has 3 fully saturated rings. The summed E-state index contributed by atoms with van der Waals surface area (Å²) < 4.78 is 38.9. The number of ether oxygens (including phenoxy) is 1. The van der Waals surface area contributed by atoms with Crippen LogP contribution in [0.3, 0.4) is 0 Å². The van der Waals surface area contributed by atoms with Gasteiger partial charge in [0.05, 0.1) is 18.4 Å². The molecule has 3 amide bonds. The van der Waals surface area contributed by atoms with Gasteiger partial charge in [0, 0.05) is 37.3 Å². The second kappa shape index (κ2) is 11.6. The molecular formula is C21H28N10O10S2. The molecule has 1 aromatic heterocycles. The second-order valence-corrected chi connectivity index (χ2v) is 12.5. The molecule has 234 valence electrons. The first kappa shape index (κ1) is 30.5. The van der Waals surface area contributed by atoms with Gasteiger partial charge in [-0.25, -0.2) is 13.9 Å². The molecule has 1 aliphatic carbocycles. The van der Waals surface area contributed by atoms with Crippen LogP contribution in [0.4, 0.5) is 4.79 Å². The van der Waals surface area contributed by atoms with Crippen molar-refractivity contribution < 1.29 is 46.8 Å². The third-order valence-corrected chi connectivity index (χ3v) is 8.77. The van der Waals surface area contributed by atoms with Gasteiger partial charge in [0.1, 0.15) is 29.9 Å². The maximum absolute atomic E-state index is 13.2. The lowest BCUT2D eigenvalue weighted by molar-refractivity contribution is -0.153. The topological polar surface area (TPSA) is 287 Å². The molecular weight excluding hydrogens is 616 g/mol. The molecule has 3 aliphatic heterocycles. The van der Waals surface area contributed by atoms with Gasteiger partial charge < -0.3 is 41.7 Å². The zero-order valence-electron chi connectivity index (χ0n) is 22.2. The molecule has 5 rings (SSSR count). The summed E-state index contributed by atoms with van der Waals surface area (Å²) in [6.07, 6.45) is 1.03. The highest BCUT2D eigenvalue weighted by atomic mass is 32.2. The highest BCUT2D eigenvalue weighted by Crippen LogP contribution is 2.40. The number of aromatic nitrogens is 3. The molecule has 22 heteroatoms. The van der Waals surface area contributed by atoms with Crippen LogP contribution in [-0.4, -0.2) is 115 Å². The number of likely N-dealkylation sites (tertiary alicyclic amines) is 1. The van der Waals surface area contributed by atoms with Crippen molar-refractivity contribution in [2.45, 2.75) is 49.2 Å². The third-order valence-electron chi connectivity index (χ3n) is 7.04. The number of rotatable bonds is 12. The van der Waals surface area contributed by atoms with E-state index in [1.807, 2.05) is 0 Å². The van der Waals surface area contributed by atoms with Crippen LogP contribution in [0.5, 0.6) is 0 Å². The van der Waals surface area contributed by atoms with E-state index in [0.29, 0.717) is 19.6 Å². The fraction of sp³-hybridized carbons (Fsp3) is 0.571. The van der Waals surface area contributed by atoms with Crippen molar-refractivity contribution in [2.24, 2.45) is 22.5 Å². The Bertz CT molecular complexity index is 1490. The van der Waals surface area contributed by atoms with Gasteiger partial charge in [0.15, 0.2) is 5.71 Å². The highest BCUT2D eigenvalue weighted by molar-refractivity contribution is 8.02. The number of nitrogens with zero attached hydrogens (tertiary/aromatic N) is 6. The predicted octanol–water partition coefficient (Wildman–Crippen LogP) is -3.29. The smallest absolute Gasteiger partial charge is 0.410 e. The van der Waals surface area contributed by atoms with Crippen molar-refractivity contribution in [2.75, 3.05) is 19.6 Å². The fourth-order valence-electron chi connectivity index (χ4n) is 4.39. The minimum Gasteiger partial charge on any atom is -0.478 e. The first-order chi connectivity index (χ1) is 20.3. The normalized spacial score (nSPS) is 24.8. The Labute approximate surface area is 247 Å². The number of nitrogens with two attached hydrogens (primary N) is 2. The predicted molar refractivity (Wildman–Crippen MR) is 143 cm³/mol. The summed E-state index contributed by atoms with van der Waals surface area (Å²) in [5.74, 6) is -3.22. The monoisotopic (exact) mass is 644 g/mol. The lowest BCUT2D eigenvalue weighted by Gasteiger charge is -2.43. The average molecular weight is 645 g/mol. The number of carbonyl (C=O) groups is 4. The Morgan fingerprint density at radius 1 is 1.30 bits per heavy atom. The molecule has 20 nitrogen and oxygen atoms in total. The van der Waals surface area contributed by atoms with E-state index in [9.17, 15) is 37.3 Å². The summed E-state index contributed by atoms with van der Waals surface area (Å²) in [4.78, 5) is 57.2.